The molecule has 1 saturated heterocycles. The minimum atomic E-state index is -0.201. The van der Waals surface area contributed by atoms with Crippen molar-refractivity contribution in [3.8, 4) is 0 Å². The van der Waals surface area contributed by atoms with Crippen LogP contribution in [-0.2, 0) is 6.54 Å². The van der Waals surface area contributed by atoms with Crippen LogP contribution in [0.2, 0.25) is 0 Å². The van der Waals surface area contributed by atoms with E-state index in [1.807, 2.05) is 18.2 Å². The Hall–Kier alpha value is -1.39. The first-order chi connectivity index (χ1) is 10.2. The largest absolute Gasteiger partial charge is 0.369 e. The zero-order valence-corrected chi connectivity index (χ0v) is 13.4. The Labute approximate surface area is 133 Å². The highest BCUT2D eigenvalue weighted by atomic mass is 79.9. The van der Waals surface area contributed by atoms with Crippen LogP contribution in [0.5, 0.6) is 0 Å². The molecule has 21 heavy (non-hydrogen) atoms. The molecule has 110 valence electrons. The zero-order chi connectivity index (χ0) is 14.7. The van der Waals surface area contributed by atoms with Gasteiger partial charge in [-0.3, -0.25) is 4.90 Å². The number of benzene rings is 2. The van der Waals surface area contributed by atoms with E-state index >= 15 is 0 Å². The summed E-state index contributed by atoms with van der Waals surface area (Å²) in [6.45, 7) is 5.01. The van der Waals surface area contributed by atoms with E-state index in [9.17, 15) is 4.39 Å². The van der Waals surface area contributed by atoms with Crippen LogP contribution in [0.25, 0.3) is 0 Å². The second kappa shape index (κ2) is 6.58. The quantitative estimate of drug-likeness (QED) is 0.829. The maximum Gasteiger partial charge on any atom is 0.137 e. The zero-order valence-electron chi connectivity index (χ0n) is 11.8. The third-order valence-electron chi connectivity index (χ3n) is 3.88. The molecule has 0 bridgehead atoms. The topological polar surface area (TPSA) is 6.48 Å². The summed E-state index contributed by atoms with van der Waals surface area (Å²) in [6.07, 6.45) is 0. The highest BCUT2D eigenvalue weighted by Crippen LogP contribution is 2.20. The Morgan fingerprint density at radius 3 is 2.33 bits per heavy atom. The summed E-state index contributed by atoms with van der Waals surface area (Å²) < 4.78 is 13.8. The average molecular weight is 349 g/mol. The first-order valence-corrected chi connectivity index (χ1v) is 7.98. The molecule has 1 fully saturated rings. The van der Waals surface area contributed by atoms with E-state index in [-0.39, 0.29) is 5.82 Å². The molecular formula is C17H18BrFN2. The average Bonchev–Trinajstić information content (AvgIpc) is 2.53. The van der Waals surface area contributed by atoms with E-state index < -0.39 is 0 Å². The summed E-state index contributed by atoms with van der Waals surface area (Å²) in [6, 6.07) is 15.8. The second-order valence-electron chi connectivity index (χ2n) is 5.35. The van der Waals surface area contributed by atoms with Crippen molar-refractivity contribution in [2.24, 2.45) is 0 Å². The Balaban J connectivity index is 1.57. The van der Waals surface area contributed by atoms with Crippen LogP contribution in [-0.4, -0.2) is 31.1 Å². The van der Waals surface area contributed by atoms with Crippen LogP contribution < -0.4 is 4.90 Å². The smallest absolute Gasteiger partial charge is 0.137 e. The van der Waals surface area contributed by atoms with Crippen molar-refractivity contribution in [3.05, 3.63) is 64.4 Å². The highest BCUT2D eigenvalue weighted by Gasteiger charge is 2.17. The summed E-state index contributed by atoms with van der Waals surface area (Å²) in [5, 5.41) is 0. The molecule has 1 aliphatic rings. The first-order valence-electron chi connectivity index (χ1n) is 7.18. The molecule has 0 aromatic heterocycles. The predicted octanol–water partition coefficient (Wildman–Crippen LogP) is 3.91. The van der Waals surface area contributed by atoms with Crippen LogP contribution in [0.3, 0.4) is 0 Å². The first kappa shape index (κ1) is 14.5. The fourth-order valence-electron chi connectivity index (χ4n) is 2.70. The Morgan fingerprint density at radius 1 is 0.952 bits per heavy atom. The fourth-order valence-corrected chi connectivity index (χ4v) is 3.13. The number of halogens is 2. The van der Waals surface area contributed by atoms with Gasteiger partial charge < -0.3 is 4.90 Å². The summed E-state index contributed by atoms with van der Waals surface area (Å²) in [4.78, 5) is 4.83. The SMILES string of the molecule is Fc1ccc(CN2CCN(c3ccccc3)CC2)cc1Br. The Morgan fingerprint density at radius 2 is 1.67 bits per heavy atom. The molecule has 0 radical (unpaired) electrons. The van der Waals surface area contributed by atoms with E-state index in [2.05, 4.69) is 50.0 Å². The number of rotatable bonds is 3. The molecule has 2 aromatic carbocycles. The van der Waals surface area contributed by atoms with E-state index in [0.717, 1.165) is 38.3 Å². The van der Waals surface area contributed by atoms with Gasteiger partial charge in [0.25, 0.3) is 0 Å². The van der Waals surface area contributed by atoms with Gasteiger partial charge in [-0.15, -0.1) is 0 Å². The highest BCUT2D eigenvalue weighted by molar-refractivity contribution is 9.10. The van der Waals surface area contributed by atoms with Gasteiger partial charge in [-0.2, -0.15) is 0 Å². The van der Waals surface area contributed by atoms with Crippen molar-refractivity contribution in [3.63, 3.8) is 0 Å². The standard InChI is InChI=1S/C17H18BrFN2/c18-16-12-14(6-7-17(16)19)13-20-8-10-21(11-9-20)15-4-2-1-3-5-15/h1-7,12H,8-11,13H2. The summed E-state index contributed by atoms with van der Waals surface area (Å²) in [7, 11) is 0. The van der Waals surface area contributed by atoms with Gasteiger partial charge in [0.1, 0.15) is 5.82 Å². The van der Waals surface area contributed by atoms with Gasteiger partial charge in [0.2, 0.25) is 0 Å². The van der Waals surface area contributed by atoms with E-state index in [1.165, 1.54) is 11.8 Å². The van der Waals surface area contributed by atoms with Crippen molar-refractivity contribution >= 4 is 21.6 Å². The van der Waals surface area contributed by atoms with Gasteiger partial charge in [0, 0.05) is 38.4 Å². The molecule has 2 nitrogen and oxygen atoms in total. The van der Waals surface area contributed by atoms with Crippen LogP contribution in [0.1, 0.15) is 5.56 Å². The fraction of sp³-hybridized carbons (Fsp3) is 0.294. The maximum atomic E-state index is 13.2. The van der Waals surface area contributed by atoms with Crippen molar-refractivity contribution in [1.82, 2.24) is 4.90 Å². The Kier molecular flexibility index (Phi) is 4.56. The van der Waals surface area contributed by atoms with Gasteiger partial charge >= 0.3 is 0 Å². The molecule has 0 saturated carbocycles. The third kappa shape index (κ3) is 3.63. The molecule has 1 heterocycles. The Bertz CT molecular complexity index is 595. The third-order valence-corrected chi connectivity index (χ3v) is 4.49. The number of hydrogen-bond acceptors (Lipinski definition) is 2. The molecule has 0 N–H and O–H groups in total. The van der Waals surface area contributed by atoms with E-state index in [0.29, 0.717) is 4.47 Å². The lowest BCUT2D eigenvalue weighted by atomic mass is 10.2. The lowest BCUT2D eigenvalue weighted by molar-refractivity contribution is 0.250. The molecule has 0 aliphatic carbocycles. The normalized spacial score (nSPS) is 16.2. The minimum Gasteiger partial charge on any atom is -0.369 e. The second-order valence-corrected chi connectivity index (χ2v) is 6.20. The molecule has 0 amide bonds. The van der Waals surface area contributed by atoms with Crippen LogP contribution in [0, 0.1) is 5.82 Å². The van der Waals surface area contributed by atoms with Gasteiger partial charge in [0.05, 0.1) is 4.47 Å². The van der Waals surface area contributed by atoms with Crippen LogP contribution in [0.4, 0.5) is 10.1 Å². The molecule has 4 heteroatoms. The minimum absolute atomic E-state index is 0.201. The van der Waals surface area contributed by atoms with Crippen LogP contribution in [0.15, 0.2) is 53.0 Å². The van der Waals surface area contributed by atoms with Crippen molar-refractivity contribution in [1.29, 1.82) is 0 Å². The lowest BCUT2D eigenvalue weighted by Crippen LogP contribution is -2.45. The predicted molar refractivity (Wildman–Crippen MR) is 88.0 cm³/mol. The lowest BCUT2D eigenvalue weighted by Gasteiger charge is -2.36. The van der Waals surface area contributed by atoms with E-state index in [4.69, 9.17) is 0 Å². The number of anilines is 1. The molecule has 0 atom stereocenters. The van der Waals surface area contributed by atoms with Gasteiger partial charge in [-0.25, -0.2) is 4.39 Å². The van der Waals surface area contributed by atoms with Gasteiger partial charge in [0.15, 0.2) is 0 Å². The monoisotopic (exact) mass is 348 g/mol. The summed E-state index contributed by atoms with van der Waals surface area (Å²) in [5.74, 6) is -0.201. The number of piperazine rings is 1. The molecule has 1 aliphatic heterocycles. The number of hydrogen-bond donors (Lipinski definition) is 0. The summed E-state index contributed by atoms with van der Waals surface area (Å²) in [5.41, 5.74) is 2.44. The molecule has 0 spiro atoms. The van der Waals surface area contributed by atoms with Gasteiger partial charge in [-0.1, -0.05) is 24.3 Å². The van der Waals surface area contributed by atoms with Crippen molar-refractivity contribution in [2.75, 3.05) is 31.1 Å². The number of nitrogens with zero attached hydrogens (tertiary/aromatic N) is 2. The van der Waals surface area contributed by atoms with Crippen LogP contribution >= 0.6 is 15.9 Å². The molecule has 3 rings (SSSR count). The molecule has 0 unspecified atom stereocenters. The maximum absolute atomic E-state index is 13.2. The van der Waals surface area contributed by atoms with Crippen molar-refractivity contribution in [2.45, 2.75) is 6.54 Å². The molecular weight excluding hydrogens is 331 g/mol. The van der Waals surface area contributed by atoms with E-state index in [1.54, 1.807) is 0 Å². The molecule has 2 aromatic rings. The van der Waals surface area contributed by atoms with Crippen molar-refractivity contribution < 1.29 is 4.39 Å². The van der Waals surface area contributed by atoms with Gasteiger partial charge in [-0.05, 0) is 45.8 Å². The number of para-hydroxylation sites is 1. The summed E-state index contributed by atoms with van der Waals surface area (Å²) >= 11 is 3.25.